The van der Waals surface area contributed by atoms with Crippen molar-refractivity contribution in [2.45, 2.75) is 0 Å². The van der Waals surface area contributed by atoms with Crippen molar-refractivity contribution in [1.82, 2.24) is 10.2 Å². The van der Waals surface area contributed by atoms with E-state index in [1.807, 2.05) is 48.5 Å². The Hall–Kier alpha value is -4.06. The number of rotatable bonds is 2. The van der Waals surface area contributed by atoms with Crippen LogP contribution in [0.5, 0.6) is 0 Å². The van der Waals surface area contributed by atoms with Gasteiger partial charge in [-0.25, -0.2) is 9.59 Å². The van der Waals surface area contributed by atoms with Crippen molar-refractivity contribution < 1.29 is 19.1 Å². The third kappa shape index (κ3) is 2.50. The maximum Gasteiger partial charge on any atom is 0.340 e. The van der Waals surface area contributed by atoms with Crippen LogP contribution in [0.2, 0.25) is 0 Å². The lowest BCUT2D eigenvalue weighted by atomic mass is 9.93. The lowest BCUT2D eigenvalue weighted by Crippen LogP contribution is -2.07. The molecule has 6 nitrogen and oxygen atoms in total. The van der Waals surface area contributed by atoms with Crippen LogP contribution in [0.3, 0.4) is 0 Å². The molecule has 0 atom stereocenters. The Morgan fingerprint density at radius 2 is 1.07 bits per heavy atom. The summed E-state index contributed by atoms with van der Waals surface area (Å²) in [4.78, 5) is 25.1. The summed E-state index contributed by atoms with van der Waals surface area (Å²) in [7, 11) is 2.67. The fraction of sp³-hybridized carbons (Fsp3) is 0.0833. The second-order valence-electron chi connectivity index (χ2n) is 6.92. The quantitative estimate of drug-likeness (QED) is 0.319. The van der Waals surface area contributed by atoms with Crippen LogP contribution in [-0.4, -0.2) is 36.4 Å². The van der Waals surface area contributed by atoms with Crippen molar-refractivity contribution in [3.8, 4) is 0 Å². The number of hydrogen-bond donors (Lipinski definition) is 0. The molecule has 1 heterocycles. The number of methoxy groups -OCH3 is 2. The van der Waals surface area contributed by atoms with E-state index in [9.17, 15) is 9.59 Å². The lowest BCUT2D eigenvalue weighted by Gasteiger charge is -2.14. The van der Waals surface area contributed by atoms with Crippen molar-refractivity contribution in [1.29, 1.82) is 0 Å². The highest BCUT2D eigenvalue weighted by Gasteiger charge is 2.22. The Bertz CT molecular complexity index is 1390. The number of hydrogen-bond acceptors (Lipinski definition) is 6. The summed E-state index contributed by atoms with van der Waals surface area (Å²) in [6.07, 6.45) is 0. The Balaban J connectivity index is 2.13. The number of esters is 2. The second-order valence-corrected chi connectivity index (χ2v) is 6.92. The van der Waals surface area contributed by atoms with E-state index < -0.39 is 11.9 Å². The molecule has 0 radical (unpaired) electrons. The molecule has 1 aromatic heterocycles. The highest BCUT2D eigenvalue weighted by molar-refractivity contribution is 6.30. The minimum Gasteiger partial charge on any atom is -0.465 e. The average molecular weight is 396 g/mol. The maximum absolute atomic E-state index is 12.5. The van der Waals surface area contributed by atoms with Crippen molar-refractivity contribution >= 4 is 55.3 Å². The first-order valence-corrected chi connectivity index (χ1v) is 9.34. The SMILES string of the molecule is COC(=O)c1cc2ccccc2c2c1nnc1c(C(=O)OC)cc3ccccc3c12. The van der Waals surface area contributed by atoms with Gasteiger partial charge in [-0.2, -0.15) is 0 Å². The predicted molar refractivity (Wildman–Crippen MR) is 115 cm³/mol. The van der Waals surface area contributed by atoms with Gasteiger partial charge in [0.1, 0.15) is 11.0 Å². The van der Waals surface area contributed by atoms with Gasteiger partial charge in [0.05, 0.1) is 25.3 Å². The van der Waals surface area contributed by atoms with E-state index in [2.05, 4.69) is 10.2 Å². The van der Waals surface area contributed by atoms with E-state index in [0.29, 0.717) is 22.2 Å². The van der Waals surface area contributed by atoms with Gasteiger partial charge in [0.15, 0.2) is 0 Å². The van der Waals surface area contributed by atoms with Gasteiger partial charge in [-0.1, -0.05) is 48.5 Å². The molecule has 0 saturated carbocycles. The lowest BCUT2D eigenvalue weighted by molar-refractivity contribution is 0.0593. The van der Waals surface area contributed by atoms with Crippen LogP contribution in [0.4, 0.5) is 0 Å². The first-order chi connectivity index (χ1) is 14.6. The smallest absolute Gasteiger partial charge is 0.340 e. The Labute approximate surface area is 171 Å². The molecule has 146 valence electrons. The molecule has 0 saturated heterocycles. The Morgan fingerprint density at radius 1 is 0.667 bits per heavy atom. The minimum atomic E-state index is -0.493. The highest BCUT2D eigenvalue weighted by atomic mass is 16.5. The van der Waals surface area contributed by atoms with Gasteiger partial charge in [-0.05, 0) is 33.7 Å². The largest absolute Gasteiger partial charge is 0.465 e. The molecule has 0 N–H and O–H groups in total. The summed E-state index contributed by atoms with van der Waals surface area (Å²) in [6, 6.07) is 19.0. The minimum absolute atomic E-state index is 0.327. The second kappa shape index (κ2) is 6.77. The van der Waals surface area contributed by atoms with Gasteiger partial charge >= 0.3 is 11.9 Å². The van der Waals surface area contributed by atoms with Gasteiger partial charge in [0, 0.05) is 10.8 Å². The zero-order chi connectivity index (χ0) is 20.8. The molecule has 0 spiro atoms. The molecule has 5 rings (SSSR count). The molecule has 0 amide bonds. The standard InChI is InChI=1S/C24H16N2O4/c1-29-23(27)17-11-13-7-3-5-9-15(13)19-20-16-10-6-4-8-14(16)12-18(24(28)30-2)22(20)26-25-21(17)19/h3-12H,1-2H3. The van der Waals surface area contributed by atoms with Crippen molar-refractivity contribution in [3.05, 3.63) is 71.8 Å². The van der Waals surface area contributed by atoms with Crippen molar-refractivity contribution in [3.63, 3.8) is 0 Å². The van der Waals surface area contributed by atoms with Crippen LogP contribution >= 0.6 is 0 Å². The van der Waals surface area contributed by atoms with Crippen LogP contribution < -0.4 is 0 Å². The molecule has 6 heteroatoms. The van der Waals surface area contributed by atoms with E-state index in [1.165, 1.54) is 14.2 Å². The molecule has 0 aliphatic rings. The molecule has 0 aliphatic carbocycles. The third-order valence-electron chi connectivity index (χ3n) is 5.35. The maximum atomic E-state index is 12.5. The Kier molecular flexibility index (Phi) is 4.06. The van der Waals surface area contributed by atoms with Gasteiger partial charge in [0.25, 0.3) is 0 Å². The number of carbonyl (C=O) groups is 2. The summed E-state index contributed by atoms with van der Waals surface area (Å²) < 4.78 is 9.98. The molecular formula is C24H16N2O4. The predicted octanol–water partition coefficient (Wildman–Crippen LogP) is 4.66. The fourth-order valence-corrected chi connectivity index (χ4v) is 4.02. The van der Waals surface area contributed by atoms with Gasteiger partial charge in [-0.3, -0.25) is 0 Å². The summed E-state index contributed by atoms with van der Waals surface area (Å²) in [5, 5.41) is 13.8. The fourth-order valence-electron chi connectivity index (χ4n) is 4.02. The van der Waals surface area contributed by atoms with Crippen LogP contribution in [0.15, 0.2) is 60.7 Å². The number of aromatic nitrogens is 2. The molecule has 5 aromatic rings. The average Bonchev–Trinajstić information content (AvgIpc) is 2.81. The van der Waals surface area contributed by atoms with Crippen LogP contribution in [0.1, 0.15) is 20.7 Å². The monoisotopic (exact) mass is 396 g/mol. The molecule has 30 heavy (non-hydrogen) atoms. The number of nitrogens with zero attached hydrogens (tertiary/aromatic N) is 2. The number of carbonyl (C=O) groups excluding carboxylic acids is 2. The van der Waals surface area contributed by atoms with Crippen LogP contribution in [0, 0.1) is 0 Å². The number of benzene rings is 4. The van der Waals surface area contributed by atoms with E-state index >= 15 is 0 Å². The molecule has 0 unspecified atom stereocenters. The molecule has 0 aliphatic heterocycles. The number of ether oxygens (including phenoxy) is 2. The normalized spacial score (nSPS) is 11.3. The zero-order valence-electron chi connectivity index (χ0n) is 16.3. The van der Waals surface area contributed by atoms with Crippen molar-refractivity contribution in [2.24, 2.45) is 0 Å². The van der Waals surface area contributed by atoms with E-state index in [4.69, 9.17) is 9.47 Å². The van der Waals surface area contributed by atoms with Gasteiger partial charge < -0.3 is 9.47 Å². The topological polar surface area (TPSA) is 78.4 Å². The van der Waals surface area contributed by atoms with E-state index in [1.54, 1.807) is 12.1 Å². The summed E-state index contributed by atoms with van der Waals surface area (Å²) in [5.74, 6) is -0.985. The first kappa shape index (κ1) is 18.0. The molecule has 0 bridgehead atoms. The van der Waals surface area contributed by atoms with Crippen LogP contribution in [-0.2, 0) is 9.47 Å². The summed E-state index contributed by atoms with van der Waals surface area (Å²) in [5.41, 5.74) is 1.52. The van der Waals surface area contributed by atoms with Crippen molar-refractivity contribution in [2.75, 3.05) is 14.2 Å². The molecular weight excluding hydrogens is 380 g/mol. The van der Waals surface area contributed by atoms with Gasteiger partial charge in [-0.15, -0.1) is 10.2 Å². The molecule has 4 aromatic carbocycles. The van der Waals surface area contributed by atoms with Crippen LogP contribution in [0.25, 0.3) is 43.4 Å². The zero-order valence-corrected chi connectivity index (χ0v) is 16.3. The first-order valence-electron chi connectivity index (χ1n) is 9.34. The summed E-state index contributed by atoms with van der Waals surface area (Å²) >= 11 is 0. The third-order valence-corrected chi connectivity index (χ3v) is 5.35. The highest BCUT2D eigenvalue weighted by Crippen LogP contribution is 2.37. The van der Waals surface area contributed by atoms with Gasteiger partial charge in [0.2, 0.25) is 0 Å². The van der Waals surface area contributed by atoms with E-state index in [0.717, 1.165) is 32.3 Å². The molecule has 0 fully saturated rings. The van der Waals surface area contributed by atoms with E-state index in [-0.39, 0.29) is 0 Å². The summed E-state index contributed by atoms with van der Waals surface area (Å²) in [6.45, 7) is 0. The number of fused-ring (bicyclic) bond motifs is 7. The Morgan fingerprint density at radius 3 is 1.47 bits per heavy atom.